The summed E-state index contributed by atoms with van der Waals surface area (Å²) in [7, 11) is -1.89. The van der Waals surface area contributed by atoms with E-state index in [1.807, 2.05) is 0 Å². The highest BCUT2D eigenvalue weighted by atomic mass is 32.2. The Morgan fingerprint density at radius 1 is 1.56 bits per heavy atom. The van der Waals surface area contributed by atoms with Crippen LogP contribution in [-0.2, 0) is 17.1 Å². The van der Waals surface area contributed by atoms with Crippen molar-refractivity contribution >= 4 is 27.6 Å². The van der Waals surface area contributed by atoms with Crippen molar-refractivity contribution in [1.29, 1.82) is 0 Å². The summed E-state index contributed by atoms with van der Waals surface area (Å²) in [6.07, 6.45) is 1.92. The molecular weight excluding hydrogens is 272 g/mol. The molecule has 1 unspecified atom stereocenters. The van der Waals surface area contributed by atoms with Gasteiger partial charge in [-0.25, -0.2) is 13.1 Å². The first kappa shape index (κ1) is 13.7. The van der Waals surface area contributed by atoms with Gasteiger partial charge >= 0.3 is 0 Å². The molecule has 18 heavy (non-hydrogen) atoms. The molecule has 102 valence electrons. The Morgan fingerprint density at radius 2 is 2.28 bits per heavy atom. The van der Waals surface area contributed by atoms with E-state index in [0.717, 1.165) is 24.3 Å². The molecule has 3 N–H and O–H groups in total. The van der Waals surface area contributed by atoms with Crippen LogP contribution in [0.1, 0.15) is 18.5 Å². The monoisotopic (exact) mass is 290 g/mol. The van der Waals surface area contributed by atoms with Crippen molar-refractivity contribution in [3.05, 3.63) is 5.69 Å². The van der Waals surface area contributed by atoms with Gasteiger partial charge in [0.15, 0.2) is 5.82 Å². The third kappa shape index (κ3) is 2.65. The summed E-state index contributed by atoms with van der Waals surface area (Å²) in [5, 5.41) is 3.94. The second kappa shape index (κ2) is 5.10. The Labute approximate surface area is 111 Å². The zero-order valence-electron chi connectivity index (χ0n) is 10.5. The molecule has 1 aromatic heterocycles. The molecule has 1 aliphatic rings. The zero-order chi connectivity index (χ0) is 13.3. The van der Waals surface area contributed by atoms with Crippen molar-refractivity contribution in [2.75, 3.05) is 17.2 Å². The average Bonchev–Trinajstić information content (AvgIpc) is 2.54. The Hall–Kier alpha value is -0.730. The number of thioether (sulfide) groups is 1. The zero-order valence-corrected chi connectivity index (χ0v) is 12.1. The van der Waals surface area contributed by atoms with Gasteiger partial charge in [-0.3, -0.25) is 4.68 Å². The number of aryl methyl sites for hydroxylation is 1. The van der Waals surface area contributed by atoms with E-state index in [1.54, 1.807) is 25.7 Å². The van der Waals surface area contributed by atoms with Gasteiger partial charge < -0.3 is 5.73 Å². The van der Waals surface area contributed by atoms with Gasteiger partial charge in [0.05, 0.1) is 5.69 Å². The van der Waals surface area contributed by atoms with Crippen molar-refractivity contribution in [2.24, 2.45) is 7.05 Å². The lowest BCUT2D eigenvalue weighted by molar-refractivity contribution is 0.542. The minimum Gasteiger partial charge on any atom is -0.381 e. The number of nitrogens with two attached hydrogens (primary N) is 1. The second-order valence-corrected chi connectivity index (χ2v) is 7.26. The van der Waals surface area contributed by atoms with Crippen LogP contribution >= 0.6 is 11.8 Å². The molecule has 1 aliphatic heterocycles. The standard InChI is InChI=1S/C10H18N4O2S2/c1-7-9(10(11)12-14(7)2)18(15,16)13-8-4-3-5-17-6-8/h8,13H,3-6H2,1-2H3,(H2,11,12). The van der Waals surface area contributed by atoms with Crippen LogP contribution in [0.4, 0.5) is 5.82 Å². The minimum absolute atomic E-state index is 0.00671. The highest BCUT2D eigenvalue weighted by Crippen LogP contribution is 2.23. The van der Waals surface area contributed by atoms with Crippen LogP contribution in [0.2, 0.25) is 0 Å². The Morgan fingerprint density at radius 3 is 2.78 bits per heavy atom. The maximum Gasteiger partial charge on any atom is 0.246 e. The fourth-order valence-corrected chi connectivity index (χ4v) is 4.83. The maximum absolute atomic E-state index is 12.3. The van der Waals surface area contributed by atoms with E-state index in [1.165, 1.54) is 4.68 Å². The van der Waals surface area contributed by atoms with Crippen LogP contribution in [-0.4, -0.2) is 35.7 Å². The number of nitrogens with one attached hydrogen (secondary N) is 1. The summed E-state index contributed by atoms with van der Waals surface area (Å²) in [6.45, 7) is 1.70. The van der Waals surface area contributed by atoms with E-state index in [2.05, 4.69) is 9.82 Å². The van der Waals surface area contributed by atoms with Crippen LogP contribution in [0.5, 0.6) is 0 Å². The lowest BCUT2D eigenvalue weighted by Crippen LogP contribution is -2.38. The number of aromatic nitrogens is 2. The molecule has 2 heterocycles. The Bertz CT molecular complexity index is 532. The van der Waals surface area contributed by atoms with Crippen LogP contribution < -0.4 is 10.5 Å². The number of nitrogens with zero attached hydrogens (tertiary/aromatic N) is 2. The lowest BCUT2D eigenvalue weighted by Gasteiger charge is -2.22. The summed E-state index contributed by atoms with van der Waals surface area (Å²) in [4.78, 5) is 0.112. The fourth-order valence-electron chi connectivity index (χ4n) is 2.06. The summed E-state index contributed by atoms with van der Waals surface area (Å²) in [5.74, 6) is 1.98. The predicted octanol–water partition coefficient (Wildman–Crippen LogP) is 0.485. The van der Waals surface area contributed by atoms with E-state index in [-0.39, 0.29) is 16.8 Å². The van der Waals surface area contributed by atoms with Crippen molar-refractivity contribution < 1.29 is 8.42 Å². The van der Waals surface area contributed by atoms with Gasteiger partial charge in [0.25, 0.3) is 0 Å². The second-order valence-electron chi connectivity index (χ2n) is 4.46. The van der Waals surface area contributed by atoms with Crippen LogP contribution in [0.15, 0.2) is 4.90 Å². The summed E-state index contributed by atoms with van der Waals surface area (Å²) >= 11 is 1.77. The molecule has 1 fully saturated rings. The number of hydrogen-bond donors (Lipinski definition) is 2. The van der Waals surface area contributed by atoms with E-state index in [9.17, 15) is 8.42 Å². The van der Waals surface area contributed by atoms with Crippen LogP contribution in [0, 0.1) is 6.92 Å². The highest BCUT2D eigenvalue weighted by molar-refractivity contribution is 7.99. The molecule has 0 aromatic carbocycles. The van der Waals surface area contributed by atoms with Gasteiger partial charge in [0.1, 0.15) is 4.90 Å². The fraction of sp³-hybridized carbons (Fsp3) is 0.700. The van der Waals surface area contributed by atoms with Crippen molar-refractivity contribution in [3.8, 4) is 0 Å². The highest BCUT2D eigenvalue weighted by Gasteiger charge is 2.28. The molecule has 0 radical (unpaired) electrons. The Kier molecular flexibility index (Phi) is 3.88. The summed E-state index contributed by atoms with van der Waals surface area (Å²) in [5.41, 5.74) is 6.24. The van der Waals surface area contributed by atoms with Gasteiger partial charge in [0, 0.05) is 18.8 Å². The van der Waals surface area contributed by atoms with E-state index < -0.39 is 10.0 Å². The largest absolute Gasteiger partial charge is 0.381 e. The number of sulfonamides is 1. The SMILES string of the molecule is Cc1c(S(=O)(=O)NC2CCCSC2)c(N)nn1C. The molecule has 0 saturated carbocycles. The molecule has 1 aromatic rings. The molecule has 0 amide bonds. The molecule has 0 aliphatic carbocycles. The Balaban J connectivity index is 2.24. The smallest absolute Gasteiger partial charge is 0.246 e. The quantitative estimate of drug-likeness (QED) is 0.845. The van der Waals surface area contributed by atoms with Crippen LogP contribution in [0.3, 0.4) is 0 Å². The maximum atomic E-state index is 12.3. The number of nitrogen functional groups attached to an aromatic ring is 1. The number of anilines is 1. The van der Waals surface area contributed by atoms with Crippen LogP contribution in [0.25, 0.3) is 0 Å². The minimum atomic E-state index is -3.57. The summed E-state index contributed by atoms with van der Waals surface area (Å²) < 4.78 is 28.8. The molecule has 0 spiro atoms. The van der Waals surface area contributed by atoms with Crippen molar-refractivity contribution in [2.45, 2.75) is 30.7 Å². The first-order valence-corrected chi connectivity index (χ1v) is 8.45. The third-order valence-corrected chi connectivity index (χ3v) is 5.96. The molecule has 6 nitrogen and oxygen atoms in total. The molecule has 2 rings (SSSR count). The first-order valence-electron chi connectivity index (χ1n) is 5.81. The van der Waals surface area contributed by atoms with E-state index >= 15 is 0 Å². The molecule has 1 saturated heterocycles. The van der Waals surface area contributed by atoms with E-state index in [4.69, 9.17) is 5.73 Å². The molecular formula is C10H18N4O2S2. The topological polar surface area (TPSA) is 90.0 Å². The van der Waals surface area contributed by atoms with Gasteiger partial charge in [-0.05, 0) is 25.5 Å². The third-order valence-electron chi connectivity index (χ3n) is 3.06. The first-order chi connectivity index (χ1) is 8.42. The number of rotatable bonds is 3. The van der Waals surface area contributed by atoms with Gasteiger partial charge in [-0.2, -0.15) is 16.9 Å². The van der Waals surface area contributed by atoms with Gasteiger partial charge in [-0.1, -0.05) is 0 Å². The van der Waals surface area contributed by atoms with E-state index in [0.29, 0.717) is 5.69 Å². The normalized spacial score (nSPS) is 21.1. The average molecular weight is 290 g/mol. The molecule has 1 atom stereocenters. The number of hydrogen-bond acceptors (Lipinski definition) is 5. The lowest BCUT2D eigenvalue weighted by atomic mass is 10.2. The predicted molar refractivity (Wildman–Crippen MR) is 73.0 cm³/mol. The molecule has 0 bridgehead atoms. The van der Waals surface area contributed by atoms with Gasteiger partial charge in [-0.15, -0.1) is 0 Å². The van der Waals surface area contributed by atoms with Crippen molar-refractivity contribution in [1.82, 2.24) is 14.5 Å². The molecule has 8 heteroatoms. The van der Waals surface area contributed by atoms with Gasteiger partial charge in [0.2, 0.25) is 10.0 Å². The summed E-state index contributed by atoms with van der Waals surface area (Å²) in [6, 6.07) is -0.00671. The van der Waals surface area contributed by atoms with Crippen molar-refractivity contribution in [3.63, 3.8) is 0 Å².